The predicted octanol–water partition coefficient (Wildman–Crippen LogP) is 9.82. The number of thiazole rings is 1. The van der Waals surface area contributed by atoms with E-state index in [1.807, 2.05) is 6.92 Å². The number of aromatic nitrogens is 1. The standard InChI is InChI=1S/C31H58NO3S.C7H8O3S/c1-3-4-5-6-7-8-9-10-11-12-13-14-15-16-19-22-31-34-26-30(35-31)25-33-24-21-18-17-20-23-32-28-36-27-29(32)2;1-6-2-4-7(5-3-6)11(8,9)10/h27-28,30-31H,3-26H2,1-2H3;2-5H,1H3,(H,8,9,10)/q+1;/p-1/t30-,31-;/m1./s1. The number of benzene rings is 1. The number of ether oxygens (including phenoxy) is 3. The van der Waals surface area contributed by atoms with Gasteiger partial charge < -0.3 is 18.8 Å². The molecule has 0 aliphatic carbocycles. The van der Waals surface area contributed by atoms with Crippen LogP contribution in [0.25, 0.3) is 0 Å². The summed E-state index contributed by atoms with van der Waals surface area (Å²) in [5.41, 5.74) is 4.52. The lowest BCUT2D eigenvalue weighted by Crippen LogP contribution is -2.33. The van der Waals surface area contributed by atoms with Crippen molar-refractivity contribution in [2.75, 3.05) is 19.8 Å². The number of rotatable bonds is 26. The topological polar surface area (TPSA) is 88.8 Å². The Labute approximate surface area is 291 Å². The molecule has 7 nitrogen and oxygen atoms in total. The Morgan fingerprint density at radius 1 is 0.809 bits per heavy atom. The lowest BCUT2D eigenvalue weighted by atomic mass is 10.0. The van der Waals surface area contributed by atoms with Gasteiger partial charge in [-0.1, -0.05) is 132 Å². The normalized spacial score (nSPS) is 16.3. The summed E-state index contributed by atoms with van der Waals surface area (Å²) in [5, 5.41) is 2.22. The Hall–Kier alpha value is -1.36. The van der Waals surface area contributed by atoms with Crippen LogP contribution >= 0.6 is 11.3 Å². The summed E-state index contributed by atoms with van der Waals surface area (Å²) in [6, 6.07) is 5.78. The van der Waals surface area contributed by atoms with E-state index in [-0.39, 0.29) is 17.3 Å². The van der Waals surface area contributed by atoms with Gasteiger partial charge in [-0.15, -0.1) is 0 Å². The van der Waals surface area contributed by atoms with Gasteiger partial charge in [-0.05, 0) is 44.7 Å². The molecular formula is C38H65NO6S2. The highest BCUT2D eigenvalue weighted by Gasteiger charge is 2.25. The maximum atomic E-state index is 10.4. The third kappa shape index (κ3) is 21.4. The second-order valence-corrected chi connectivity index (χ2v) is 15.3. The van der Waals surface area contributed by atoms with Gasteiger partial charge in [0.05, 0.1) is 23.5 Å². The van der Waals surface area contributed by atoms with E-state index in [0.717, 1.165) is 31.6 Å². The number of nitrogens with zero attached hydrogens (tertiary/aromatic N) is 1. The first kappa shape index (κ1) is 41.8. The van der Waals surface area contributed by atoms with Crippen LogP contribution in [0, 0.1) is 13.8 Å². The molecule has 2 atom stereocenters. The molecule has 47 heavy (non-hydrogen) atoms. The number of unbranched alkanes of at least 4 members (excludes halogenated alkanes) is 17. The van der Waals surface area contributed by atoms with Gasteiger partial charge in [0.15, 0.2) is 12.0 Å². The van der Waals surface area contributed by atoms with Crippen LogP contribution in [-0.2, 0) is 30.9 Å². The molecule has 0 amide bonds. The third-order valence-electron chi connectivity index (χ3n) is 8.79. The molecule has 1 fully saturated rings. The molecular weight excluding hydrogens is 631 g/mol. The van der Waals surface area contributed by atoms with E-state index in [1.54, 1.807) is 23.5 Å². The van der Waals surface area contributed by atoms with Gasteiger partial charge in [0.1, 0.15) is 22.8 Å². The van der Waals surface area contributed by atoms with Crippen LogP contribution in [0.5, 0.6) is 0 Å². The minimum absolute atomic E-state index is 0.00126. The zero-order valence-corrected chi connectivity index (χ0v) is 31.4. The van der Waals surface area contributed by atoms with Crippen molar-refractivity contribution in [2.24, 2.45) is 0 Å². The van der Waals surface area contributed by atoms with Crippen LogP contribution in [0.15, 0.2) is 40.1 Å². The Morgan fingerprint density at radius 3 is 1.91 bits per heavy atom. The quantitative estimate of drug-likeness (QED) is 0.0553. The fraction of sp³-hybridized carbons (Fsp3) is 0.763. The van der Waals surface area contributed by atoms with Crippen molar-refractivity contribution in [3.8, 4) is 0 Å². The van der Waals surface area contributed by atoms with Crippen LogP contribution < -0.4 is 4.57 Å². The fourth-order valence-corrected chi connectivity index (χ4v) is 7.05. The molecule has 0 spiro atoms. The van der Waals surface area contributed by atoms with Crippen molar-refractivity contribution in [2.45, 2.75) is 173 Å². The molecule has 0 unspecified atom stereocenters. The number of hydrogen-bond acceptors (Lipinski definition) is 7. The van der Waals surface area contributed by atoms with Gasteiger partial charge >= 0.3 is 0 Å². The molecule has 1 aromatic heterocycles. The van der Waals surface area contributed by atoms with Crippen LogP contribution in [0.2, 0.25) is 0 Å². The maximum absolute atomic E-state index is 10.4. The van der Waals surface area contributed by atoms with Gasteiger partial charge in [-0.3, -0.25) is 0 Å². The van der Waals surface area contributed by atoms with Crippen molar-refractivity contribution in [3.63, 3.8) is 0 Å². The molecule has 0 bridgehead atoms. The van der Waals surface area contributed by atoms with E-state index < -0.39 is 10.1 Å². The average molecular weight is 696 g/mol. The summed E-state index contributed by atoms with van der Waals surface area (Å²) in [7, 11) is -4.27. The molecule has 1 aliphatic heterocycles. The van der Waals surface area contributed by atoms with E-state index in [4.69, 9.17) is 14.2 Å². The Bertz CT molecular complexity index is 1120. The largest absolute Gasteiger partial charge is 0.744 e. The zero-order valence-electron chi connectivity index (χ0n) is 29.8. The maximum Gasteiger partial charge on any atom is 0.224 e. The summed E-state index contributed by atoms with van der Waals surface area (Å²) in [6.07, 6.45) is 27.2. The Kier molecular flexibility index (Phi) is 23.6. The molecule has 1 aromatic carbocycles. The van der Waals surface area contributed by atoms with Crippen molar-refractivity contribution >= 4 is 21.5 Å². The monoisotopic (exact) mass is 695 g/mol. The molecule has 2 aromatic rings. The van der Waals surface area contributed by atoms with Crippen molar-refractivity contribution < 1.29 is 31.7 Å². The van der Waals surface area contributed by atoms with E-state index >= 15 is 0 Å². The van der Waals surface area contributed by atoms with E-state index in [0.29, 0.717) is 13.2 Å². The summed E-state index contributed by atoms with van der Waals surface area (Å²) in [4.78, 5) is -0.178. The second kappa shape index (κ2) is 26.5. The first-order valence-corrected chi connectivity index (χ1v) is 20.9. The molecule has 0 radical (unpaired) electrons. The van der Waals surface area contributed by atoms with E-state index in [2.05, 4.69) is 29.3 Å². The van der Waals surface area contributed by atoms with E-state index in [1.165, 1.54) is 133 Å². The van der Waals surface area contributed by atoms with Crippen molar-refractivity contribution in [1.29, 1.82) is 0 Å². The fourth-order valence-electron chi connectivity index (χ4n) is 5.77. The Morgan fingerprint density at radius 2 is 1.36 bits per heavy atom. The lowest BCUT2D eigenvalue weighted by Gasteiger charge is -2.12. The van der Waals surface area contributed by atoms with E-state index in [9.17, 15) is 13.0 Å². The SMILES string of the molecule is CCCCCCCCCCCCCCCCC[C@@H]1OC[C@@H](COCCCCCC[n+]2cscc2C)O1.Cc1ccc(S(=O)(=O)[O-])cc1. The minimum Gasteiger partial charge on any atom is -0.744 e. The van der Waals surface area contributed by atoms with Crippen LogP contribution in [0.1, 0.15) is 147 Å². The highest BCUT2D eigenvalue weighted by atomic mass is 32.2. The average Bonchev–Trinajstić information content (AvgIpc) is 3.68. The summed E-state index contributed by atoms with van der Waals surface area (Å²) in [5.74, 6) is 0. The van der Waals surface area contributed by atoms with Crippen LogP contribution in [0.4, 0.5) is 0 Å². The summed E-state index contributed by atoms with van der Waals surface area (Å²) < 4.78 is 51.2. The molecule has 9 heteroatoms. The van der Waals surface area contributed by atoms with Gasteiger partial charge in [-0.2, -0.15) is 4.57 Å². The second-order valence-electron chi connectivity index (χ2n) is 13.2. The predicted molar refractivity (Wildman–Crippen MR) is 192 cm³/mol. The smallest absolute Gasteiger partial charge is 0.224 e. The number of hydrogen-bond donors (Lipinski definition) is 0. The Balaban J connectivity index is 0.000000587. The van der Waals surface area contributed by atoms with Crippen LogP contribution in [-0.4, -0.2) is 45.2 Å². The first-order chi connectivity index (χ1) is 22.8. The molecule has 1 aliphatic rings. The van der Waals surface area contributed by atoms with Crippen LogP contribution in [0.3, 0.4) is 0 Å². The first-order valence-electron chi connectivity index (χ1n) is 18.6. The van der Waals surface area contributed by atoms with Gasteiger partial charge in [-0.25, -0.2) is 8.42 Å². The minimum atomic E-state index is -4.27. The zero-order chi connectivity index (χ0) is 34.0. The van der Waals surface area contributed by atoms with Crippen molar-refractivity contribution in [1.82, 2.24) is 0 Å². The highest BCUT2D eigenvalue weighted by Crippen LogP contribution is 2.19. The lowest BCUT2D eigenvalue weighted by molar-refractivity contribution is -0.698. The third-order valence-corrected chi connectivity index (χ3v) is 10.5. The van der Waals surface area contributed by atoms with Gasteiger partial charge in [0, 0.05) is 20.0 Å². The molecule has 3 rings (SSSR count). The van der Waals surface area contributed by atoms with Gasteiger partial charge in [0.25, 0.3) is 0 Å². The summed E-state index contributed by atoms with van der Waals surface area (Å²) >= 11 is 1.79. The summed E-state index contributed by atoms with van der Waals surface area (Å²) in [6.45, 7) is 9.66. The molecule has 1 saturated heterocycles. The highest BCUT2D eigenvalue weighted by molar-refractivity contribution is 7.85. The van der Waals surface area contributed by atoms with Crippen molar-refractivity contribution in [3.05, 3.63) is 46.4 Å². The molecule has 270 valence electrons. The molecule has 0 saturated carbocycles. The van der Waals surface area contributed by atoms with Gasteiger partial charge in [0.2, 0.25) is 5.51 Å². The molecule has 2 heterocycles. The number of aryl methyl sites for hydroxylation is 3. The molecule has 0 N–H and O–H groups in total.